The van der Waals surface area contributed by atoms with Crippen molar-refractivity contribution >= 4 is 5.97 Å². The molecule has 0 aliphatic heterocycles. The number of nitrogens with one attached hydrogen (secondary N) is 1. The van der Waals surface area contributed by atoms with Crippen molar-refractivity contribution in [2.24, 2.45) is 5.92 Å². The van der Waals surface area contributed by atoms with Crippen LogP contribution in [0.25, 0.3) is 0 Å². The lowest BCUT2D eigenvalue weighted by atomic mass is 9.95. The van der Waals surface area contributed by atoms with Crippen LogP contribution >= 0.6 is 0 Å². The van der Waals surface area contributed by atoms with E-state index in [1.807, 2.05) is 7.05 Å². The lowest BCUT2D eigenvalue weighted by molar-refractivity contribution is -0.137. The highest BCUT2D eigenvalue weighted by atomic mass is 16.4. The fraction of sp³-hybridized carbons (Fsp3) is 0.833. The summed E-state index contributed by atoms with van der Waals surface area (Å²) in [5.74, 6) is -0.0588. The number of carbonyl (C=O) groups is 1. The average molecular weight is 297 g/mol. The van der Waals surface area contributed by atoms with Gasteiger partial charge in [-0.2, -0.15) is 0 Å². The Morgan fingerprint density at radius 2 is 1.71 bits per heavy atom. The SMILES string of the molecule is CCCCCC/C=C\CCC[C@H](CCCC(=O)O)CNC. The largest absolute Gasteiger partial charge is 0.481 e. The highest BCUT2D eigenvalue weighted by molar-refractivity contribution is 5.66. The van der Waals surface area contributed by atoms with Crippen LogP contribution in [0.1, 0.15) is 77.6 Å². The first kappa shape index (κ1) is 20.2. The number of hydrogen-bond donors (Lipinski definition) is 2. The molecular weight excluding hydrogens is 262 g/mol. The predicted octanol–water partition coefficient (Wildman–Crippen LogP) is 4.77. The van der Waals surface area contributed by atoms with Gasteiger partial charge in [0.15, 0.2) is 0 Å². The highest BCUT2D eigenvalue weighted by Gasteiger charge is 2.08. The van der Waals surface area contributed by atoms with E-state index in [1.165, 1.54) is 44.9 Å². The first-order valence-corrected chi connectivity index (χ1v) is 8.72. The molecule has 0 spiro atoms. The smallest absolute Gasteiger partial charge is 0.303 e. The Morgan fingerprint density at radius 3 is 2.33 bits per heavy atom. The molecule has 21 heavy (non-hydrogen) atoms. The maximum Gasteiger partial charge on any atom is 0.303 e. The first-order chi connectivity index (χ1) is 10.2. The lowest BCUT2D eigenvalue weighted by Crippen LogP contribution is -2.19. The molecule has 0 unspecified atom stereocenters. The summed E-state index contributed by atoms with van der Waals surface area (Å²) < 4.78 is 0. The summed E-state index contributed by atoms with van der Waals surface area (Å²) in [5, 5.41) is 11.9. The molecule has 2 N–H and O–H groups in total. The predicted molar refractivity (Wildman–Crippen MR) is 90.7 cm³/mol. The van der Waals surface area contributed by atoms with E-state index in [2.05, 4.69) is 24.4 Å². The second-order valence-corrected chi connectivity index (χ2v) is 5.96. The second-order valence-electron chi connectivity index (χ2n) is 5.96. The van der Waals surface area contributed by atoms with Gasteiger partial charge >= 0.3 is 5.97 Å². The van der Waals surface area contributed by atoms with E-state index in [-0.39, 0.29) is 0 Å². The van der Waals surface area contributed by atoms with Crippen molar-refractivity contribution in [1.82, 2.24) is 5.32 Å². The summed E-state index contributed by atoms with van der Waals surface area (Å²) in [5.41, 5.74) is 0. The molecule has 0 aromatic rings. The highest BCUT2D eigenvalue weighted by Crippen LogP contribution is 2.16. The molecule has 1 atom stereocenters. The van der Waals surface area contributed by atoms with Crippen molar-refractivity contribution in [3.63, 3.8) is 0 Å². The van der Waals surface area contributed by atoms with E-state index in [4.69, 9.17) is 5.11 Å². The summed E-state index contributed by atoms with van der Waals surface area (Å²) in [6.45, 7) is 3.24. The first-order valence-electron chi connectivity index (χ1n) is 8.72. The van der Waals surface area contributed by atoms with Crippen LogP contribution in [0.5, 0.6) is 0 Å². The summed E-state index contributed by atoms with van der Waals surface area (Å²) in [6.07, 6.45) is 16.9. The zero-order valence-electron chi connectivity index (χ0n) is 14.1. The average Bonchev–Trinajstić information content (AvgIpc) is 2.45. The Bertz CT molecular complexity index is 264. The maximum absolute atomic E-state index is 10.5. The minimum Gasteiger partial charge on any atom is -0.481 e. The van der Waals surface area contributed by atoms with Crippen LogP contribution in [0.4, 0.5) is 0 Å². The van der Waals surface area contributed by atoms with E-state index < -0.39 is 5.97 Å². The van der Waals surface area contributed by atoms with Crippen LogP contribution in [0, 0.1) is 5.92 Å². The van der Waals surface area contributed by atoms with Gasteiger partial charge in [0.05, 0.1) is 0 Å². The quantitative estimate of drug-likeness (QED) is 0.338. The van der Waals surface area contributed by atoms with Gasteiger partial charge in [0, 0.05) is 6.42 Å². The van der Waals surface area contributed by atoms with Crippen LogP contribution < -0.4 is 5.32 Å². The Labute approximate surface area is 131 Å². The van der Waals surface area contributed by atoms with Crippen LogP contribution in [0.2, 0.25) is 0 Å². The number of unbranched alkanes of at least 4 members (excludes halogenated alkanes) is 5. The fourth-order valence-corrected chi connectivity index (χ4v) is 2.63. The number of carboxylic acid groups (broad SMARTS) is 1. The third kappa shape index (κ3) is 15.4. The van der Waals surface area contributed by atoms with Gasteiger partial charge in [-0.3, -0.25) is 4.79 Å². The zero-order valence-corrected chi connectivity index (χ0v) is 14.1. The van der Waals surface area contributed by atoms with E-state index in [9.17, 15) is 4.79 Å². The van der Waals surface area contributed by atoms with Crippen molar-refractivity contribution in [2.45, 2.75) is 77.6 Å². The summed E-state index contributed by atoms with van der Waals surface area (Å²) in [7, 11) is 1.97. The second kappa shape index (κ2) is 15.6. The molecule has 0 bridgehead atoms. The van der Waals surface area contributed by atoms with Gasteiger partial charge in [0.1, 0.15) is 0 Å². The molecule has 0 amide bonds. The number of hydrogen-bond acceptors (Lipinski definition) is 2. The summed E-state index contributed by atoms with van der Waals surface area (Å²) >= 11 is 0. The molecule has 124 valence electrons. The molecule has 0 aliphatic carbocycles. The monoisotopic (exact) mass is 297 g/mol. The zero-order chi connectivity index (χ0) is 15.8. The normalized spacial score (nSPS) is 12.9. The van der Waals surface area contributed by atoms with Crippen molar-refractivity contribution in [1.29, 1.82) is 0 Å². The van der Waals surface area contributed by atoms with Gasteiger partial charge in [-0.25, -0.2) is 0 Å². The van der Waals surface area contributed by atoms with E-state index in [1.54, 1.807) is 0 Å². The van der Waals surface area contributed by atoms with Gasteiger partial charge in [-0.1, -0.05) is 38.3 Å². The van der Waals surface area contributed by atoms with Gasteiger partial charge in [-0.05, 0) is 64.5 Å². The van der Waals surface area contributed by atoms with E-state index in [0.29, 0.717) is 12.3 Å². The van der Waals surface area contributed by atoms with Crippen molar-refractivity contribution < 1.29 is 9.90 Å². The number of aliphatic carboxylic acids is 1. The van der Waals surface area contributed by atoms with Gasteiger partial charge in [0.2, 0.25) is 0 Å². The third-order valence-corrected chi connectivity index (χ3v) is 3.87. The molecule has 3 nitrogen and oxygen atoms in total. The Kier molecular flexibility index (Phi) is 14.9. The van der Waals surface area contributed by atoms with Gasteiger partial charge < -0.3 is 10.4 Å². The number of allylic oxidation sites excluding steroid dienone is 2. The number of rotatable bonds is 15. The summed E-state index contributed by atoms with van der Waals surface area (Å²) in [4.78, 5) is 10.5. The maximum atomic E-state index is 10.5. The molecule has 0 rings (SSSR count). The van der Waals surface area contributed by atoms with Crippen LogP contribution in [-0.4, -0.2) is 24.7 Å². The van der Waals surface area contributed by atoms with Gasteiger partial charge in [-0.15, -0.1) is 0 Å². The molecule has 0 saturated heterocycles. The van der Waals surface area contributed by atoms with E-state index in [0.717, 1.165) is 25.8 Å². The van der Waals surface area contributed by atoms with Crippen LogP contribution in [0.15, 0.2) is 12.2 Å². The Balaban J connectivity index is 3.58. The molecule has 0 heterocycles. The molecule has 3 heteroatoms. The Morgan fingerprint density at radius 1 is 1.05 bits per heavy atom. The topological polar surface area (TPSA) is 49.3 Å². The minimum absolute atomic E-state index is 0.303. The Hall–Kier alpha value is -0.830. The van der Waals surface area contributed by atoms with Crippen LogP contribution in [-0.2, 0) is 4.79 Å². The standard InChI is InChI=1S/C18H35NO2/c1-3-4-5-6-7-8-9-10-11-13-17(16-19-2)14-12-15-18(20)21/h8-9,17,19H,3-7,10-16H2,1-2H3,(H,20,21)/b9-8-/t17-/m1/s1. The molecule has 0 aliphatic rings. The van der Waals surface area contributed by atoms with Crippen LogP contribution in [0.3, 0.4) is 0 Å². The fourth-order valence-electron chi connectivity index (χ4n) is 2.63. The molecule has 0 fully saturated rings. The lowest BCUT2D eigenvalue weighted by Gasteiger charge is -2.15. The minimum atomic E-state index is -0.677. The molecular formula is C18H35NO2. The van der Waals surface area contributed by atoms with Crippen molar-refractivity contribution in [3.8, 4) is 0 Å². The molecule has 0 saturated carbocycles. The van der Waals surface area contributed by atoms with E-state index >= 15 is 0 Å². The van der Waals surface area contributed by atoms with Gasteiger partial charge in [0.25, 0.3) is 0 Å². The molecule has 0 aromatic heterocycles. The molecule has 0 aromatic carbocycles. The van der Waals surface area contributed by atoms with Crippen molar-refractivity contribution in [2.75, 3.05) is 13.6 Å². The number of carboxylic acids is 1. The summed E-state index contributed by atoms with van der Waals surface area (Å²) in [6, 6.07) is 0. The third-order valence-electron chi connectivity index (χ3n) is 3.87. The molecule has 0 radical (unpaired) electrons. The van der Waals surface area contributed by atoms with Crippen molar-refractivity contribution in [3.05, 3.63) is 12.2 Å².